The van der Waals surface area contributed by atoms with Gasteiger partial charge in [0.25, 0.3) is 0 Å². The molecule has 3 aromatic rings. The highest BCUT2D eigenvalue weighted by molar-refractivity contribution is 5.81. The predicted octanol–water partition coefficient (Wildman–Crippen LogP) is 4.32. The van der Waals surface area contributed by atoms with E-state index in [0.29, 0.717) is 11.3 Å². The third-order valence-electron chi connectivity index (χ3n) is 2.98. The zero-order valence-electron chi connectivity index (χ0n) is 10.3. The minimum absolute atomic E-state index is 0.607. The standard InChI is InChI=1S/C16H13FN2/c17-16(12-6-2-1-3-7-12)19-14-10-13-8-4-5-9-15(13)18-11-14/h1-11,16,19H. The summed E-state index contributed by atoms with van der Waals surface area (Å²) in [4.78, 5) is 4.30. The first-order valence-electron chi connectivity index (χ1n) is 6.13. The Morgan fingerprint density at radius 3 is 2.53 bits per heavy atom. The number of hydrogen-bond acceptors (Lipinski definition) is 2. The Balaban J connectivity index is 1.85. The van der Waals surface area contributed by atoms with Crippen LogP contribution in [-0.2, 0) is 0 Å². The van der Waals surface area contributed by atoms with Gasteiger partial charge in [-0.3, -0.25) is 4.98 Å². The number of nitrogens with one attached hydrogen (secondary N) is 1. The minimum Gasteiger partial charge on any atom is -0.351 e. The van der Waals surface area contributed by atoms with E-state index in [0.717, 1.165) is 10.9 Å². The lowest BCUT2D eigenvalue weighted by molar-refractivity contribution is 0.385. The van der Waals surface area contributed by atoms with Gasteiger partial charge in [-0.05, 0) is 12.1 Å². The Hall–Kier alpha value is -2.42. The molecule has 0 aliphatic heterocycles. The molecule has 2 aromatic carbocycles. The summed E-state index contributed by atoms with van der Waals surface area (Å²) >= 11 is 0. The molecule has 0 saturated carbocycles. The summed E-state index contributed by atoms with van der Waals surface area (Å²) in [5.41, 5.74) is 2.19. The summed E-state index contributed by atoms with van der Waals surface area (Å²) in [6.45, 7) is 0. The molecule has 0 amide bonds. The summed E-state index contributed by atoms with van der Waals surface area (Å²) in [5.74, 6) is 0. The maximum Gasteiger partial charge on any atom is 0.196 e. The number of rotatable bonds is 3. The van der Waals surface area contributed by atoms with Crippen LogP contribution < -0.4 is 5.32 Å². The van der Waals surface area contributed by atoms with E-state index in [9.17, 15) is 4.39 Å². The van der Waals surface area contributed by atoms with Crippen molar-refractivity contribution in [3.05, 3.63) is 72.4 Å². The van der Waals surface area contributed by atoms with Gasteiger partial charge in [-0.25, -0.2) is 4.39 Å². The fraction of sp³-hybridized carbons (Fsp3) is 0.0625. The van der Waals surface area contributed by atoms with E-state index >= 15 is 0 Å². The third-order valence-corrected chi connectivity index (χ3v) is 2.98. The lowest BCUT2D eigenvalue weighted by Gasteiger charge is -2.12. The zero-order chi connectivity index (χ0) is 13.1. The highest BCUT2D eigenvalue weighted by Crippen LogP contribution is 2.22. The molecular formula is C16H13FN2. The second-order valence-corrected chi connectivity index (χ2v) is 4.33. The molecule has 0 aliphatic rings. The molecule has 0 fully saturated rings. The van der Waals surface area contributed by atoms with Crippen molar-refractivity contribution in [2.45, 2.75) is 6.30 Å². The van der Waals surface area contributed by atoms with Gasteiger partial charge in [-0.1, -0.05) is 48.5 Å². The number of fused-ring (bicyclic) bond motifs is 1. The smallest absolute Gasteiger partial charge is 0.196 e. The van der Waals surface area contributed by atoms with Gasteiger partial charge in [0.05, 0.1) is 17.4 Å². The summed E-state index contributed by atoms with van der Waals surface area (Å²) in [6, 6.07) is 18.7. The molecule has 3 rings (SSSR count). The van der Waals surface area contributed by atoms with Crippen molar-refractivity contribution in [2.75, 3.05) is 5.32 Å². The average Bonchev–Trinajstić information content (AvgIpc) is 2.48. The monoisotopic (exact) mass is 252 g/mol. The summed E-state index contributed by atoms with van der Waals surface area (Å²) in [6.07, 6.45) is 0.418. The number of nitrogens with zero attached hydrogens (tertiary/aromatic N) is 1. The number of halogens is 1. The lowest BCUT2D eigenvalue weighted by atomic mass is 10.2. The molecular weight excluding hydrogens is 239 g/mol. The van der Waals surface area contributed by atoms with Crippen molar-refractivity contribution >= 4 is 16.6 Å². The number of benzene rings is 2. The normalized spacial score (nSPS) is 12.3. The Morgan fingerprint density at radius 1 is 0.947 bits per heavy atom. The number of aromatic nitrogens is 1. The Labute approximate surface area is 110 Å². The summed E-state index contributed by atoms with van der Waals surface area (Å²) < 4.78 is 14.1. The van der Waals surface area contributed by atoms with E-state index in [2.05, 4.69) is 10.3 Å². The molecule has 3 heteroatoms. The summed E-state index contributed by atoms with van der Waals surface area (Å²) in [5, 5.41) is 3.81. The van der Waals surface area contributed by atoms with Crippen LogP contribution in [0.3, 0.4) is 0 Å². The predicted molar refractivity (Wildman–Crippen MR) is 75.7 cm³/mol. The molecule has 0 radical (unpaired) electrons. The number of pyridine rings is 1. The minimum atomic E-state index is -1.23. The summed E-state index contributed by atoms with van der Waals surface area (Å²) in [7, 11) is 0. The molecule has 1 aromatic heterocycles. The third kappa shape index (κ3) is 2.55. The van der Waals surface area contributed by atoms with Crippen LogP contribution in [0.2, 0.25) is 0 Å². The number of para-hydroxylation sites is 1. The molecule has 19 heavy (non-hydrogen) atoms. The van der Waals surface area contributed by atoms with Crippen molar-refractivity contribution in [3.63, 3.8) is 0 Å². The zero-order valence-corrected chi connectivity index (χ0v) is 10.3. The highest BCUT2D eigenvalue weighted by atomic mass is 19.1. The molecule has 1 heterocycles. The van der Waals surface area contributed by atoms with E-state index in [4.69, 9.17) is 0 Å². The molecule has 0 bridgehead atoms. The van der Waals surface area contributed by atoms with Crippen LogP contribution >= 0.6 is 0 Å². The lowest BCUT2D eigenvalue weighted by Crippen LogP contribution is -2.05. The van der Waals surface area contributed by atoms with E-state index in [1.54, 1.807) is 18.3 Å². The van der Waals surface area contributed by atoms with Gasteiger partial charge in [0.2, 0.25) is 0 Å². The SMILES string of the molecule is FC(Nc1cnc2ccccc2c1)c1ccccc1. The first kappa shape index (κ1) is 11.7. The Kier molecular flexibility index (Phi) is 3.11. The Morgan fingerprint density at radius 2 is 1.68 bits per heavy atom. The van der Waals surface area contributed by atoms with Crippen molar-refractivity contribution in [1.82, 2.24) is 4.98 Å². The van der Waals surface area contributed by atoms with Gasteiger partial charge in [0.1, 0.15) is 0 Å². The van der Waals surface area contributed by atoms with Crippen LogP contribution in [0.4, 0.5) is 10.1 Å². The first-order chi connectivity index (χ1) is 9.33. The van der Waals surface area contributed by atoms with E-state index in [-0.39, 0.29) is 0 Å². The van der Waals surface area contributed by atoms with Crippen LogP contribution in [0.15, 0.2) is 66.9 Å². The molecule has 1 unspecified atom stereocenters. The van der Waals surface area contributed by atoms with Crippen molar-refractivity contribution < 1.29 is 4.39 Å². The number of anilines is 1. The van der Waals surface area contributed by atoms with Gasteiger partial charge in [-0.2, -0.15) is 0 Å². The van der Waals surface area contributed by atoms with E-state index < -0.39 is 6.30 Å². The van der Waals surface area contributed by atoms with Crippen LogP contribution in [0.5, 0.6) is 0 Å². The van der Waals surface area contributed by atoms with E-state index in [1.165, 1.54) is 0 Å². The van der Waals surface area contributed by atoms with Crippen LogP contribution in [0, 0.1) is 0 Å². The molecule has 0 saturated heterocycles. The largest absolute Gasteiger partial charge is 0.351 e. The quantitative estimate of drug-likeness (QED) is 0.702. The molecule has 0 spiro atoms. The molecule has 0 aliphatic carbocycles. The average molecular weight is 252 g/mol. The van der Waals surface area contributed by atoms with Crippen molar-refractivity contribution in [3.8, 4) is 0 Å². The van der Waals surface area contributed by atoms with Crippen molar-refractivity contribution in [1.29, 1.82) is 0 Å². The van der Waals surface area contributed by atoms with Gasteiger partial charge in [0.15, 0.2) is 6.30 Å². The second kappa shape index (κ2) is 5.06. The van der Waals surface area contributed by atoms with Crippen molar-refractivity contribution in [2.24, 2.45) is 0 Å². The number of hydrogen-bond donors (Lipinski definition) is 1. The highest BCUT2D eigenvalue weighted by Gasteiger charge is 2.08. The van der Waals surface area contributed by atoms with Gasteiger partial charge in [0, 0.05) is 10.9 Å². The van der Waals surface area contributed by atoms with Crippen LogP contribution in [-0.4, -0.2) is 4.98 Å². The van der Waals surface area contributed by atoms with Gasteiger partial charge < -0.3 is 5.32 Å². The molecule has 94 valence electrons. The van der Waals surface area contributed by atoms with E-state index in [1.807, 2.05) is 48.5 Å². The number of alkyl halides is 1. The maximum absolute atomic E-state index is 14.1. The maximum atomic E-state index is 14.1. The fourth-order valence-corrected chi connectivity index (χ4v) is 2.00. The fourth-order valence-electron chi connectivity index (χ4n) is 2.00. The molecule has 2 nitrogen and oxygen atoms in total. The van der Waals surface area contributed by atoms with Crippen LogP contribution in [0.1, 0.15) is 11.9 Å². The second-order valence-electron chi connectivity index (χ2n) is 4.33. The Bertz CT molecular complexity index is 682. The first-order valence-corrected chi connectivity index (χ1v) is 6.13. The topological polar surface area (TPSA) is 24.9 Å². The molecule has 1 N–H and O–H groups in total. The van der Waals surface area contributed by atoms with Gasteiger partial charge >= 0.3 is 0 Å². The van der Waals surface area contributed by atoms with Crippen LogP contribution in [0.25, 0.3) is 10.9 Å². The molecule has 1 atom stereocenters. The van der Waals surface area contributed by atoms with Gasteiger partial charge in [-0.15, -0.1) is 0 Å².